The Bertz CT molecular complexity index is 1370. The summed E-state index contributed by atoms with van der Waals surface area (Å²) in [5.74, 6) is 0.132. The van der Waals surface area contributed by atoms with Crippen molar-refractivity contribution < 1.29 is 19.1 Å². The molecular weight excluding hydrogens is 502 g/mol. The first kappa shape index (κ1) is 27.4. The van der Waals surface area contributed by atoms with Crippen LogP contribution in [0.3, 0.4) is 0 Å². The maximum Gasteiger partial charge on any atom is 0.272 e. The number of para-hydroxylation sites is 1. The van der Waals surface area contributed by atoms with Crippen molar-refractivity contribution in [2.45, 2.75) is 26.2 Å². The van der Waals surface area contributed by atoms with Gasteiger partial charge in [-0.15, -0.1) is 0 Å². The van der Waals surface area contributed by atoms with Gasteiger partial charge in [0.05, 0.1) is 29.6 Å². The summed E-state index contributed by atoms with van der Waals surface area (Å²) >= 11 is 1.45. The predicted molar refractivity (Wildman–Crippen MR) is 153 cm³/mol. The number of ether oxygens (including phenoxy) is 1. The molecule has 202 valence electrons. The standard InChI is InChI=1S/C28H35N5O4S/c1-28(2,3)19-15-21(25(37-5)22(16-19)30-38-6)29-26(35)23-14-18-8-7-9-20(24(18)31(23)4)27(36)33-12-10-32(17-34)11-13-33/h7-9,14-17,30H,10-13H2,1-6H3,(H,29,35). The first-order chi connectivity index (χ1) is 18.1. The van der Waals surface area contributed by atoms with Crippen LogP contribution in [-0.2, 0) is 17.3 Å². The maximum atomic E-state index is 13.6. The zero-order chi connectivity index (χ0) is 27.6. The minimum atomic E-state index is -0.304. The Hall–Kier alpha value is -3.66. The number of fused-ring (bicyclic) bond motifs is 1. The molecule has 0 aliphatic carbocycles. The molecule has 1 saturated heterocycles. The molecule has 1 aliphatic heterocycles. The number of rotatable bonds is 7. The second-order valence-corrected chi connectivity index (χ2v) is 11.0. The topological polar surface area (TPSA) is 95.9 Å². The van der Waals surface area contributed by atoms with Gasteiger partial charge in [0.2, 0.25) is 6.41 Å². The number of methoxy groups -OCH3 is 1. The van der Waals surface area contributed by atoms with E-state index < -0.39 is 0 Å². The van der Waals surface area contributed by atoms with Crippen molar-refractivity contribution in [3.8, 4) is 5.75 Å². The van der Waals surface area contributed by atoms with Crippen molar-refractivity contribution in [3.63, 3.8) is 0 Å². The smallest absolute Gasteiger partial charge is 0.272 e. The zero-order valence-electron chi connectivity index (χ0n) is 22.8. The van der Waals surface area contributed by atoms with Gasteiger partial charge < -0.3 is 29.1 Å². The molecular formula is C28H35N5O4S. The minimum absolute atomic E-state index is 0.110. The number of aromatic nitrogens is 1. The fourth-order valence-electron chi connectivity index (χ4n) is 4.75. The molecule has 9 nitrogen and oxygen atoms in total. The number of hydrogen-bond donors (Lipinski definition) is 2. The highest BCUT2D eigenvalue weighted by Crippen LogP contribution is 2.40. The zero-order valence-corrected chi connectivity index (χ0v) is 23.6. The molecule has 3 aromatic rings. The molecule has 10 heteroatoms. The lowest BCUT2D eigenvalue weighted by Crippen LogP contribution is -2.48. The number of benzene rings is 2. The van der Waals surface area contributed by atoms with Crippen LogP contribution in [-0.4, -0.2) is 72.1 Å². The van der Waals surface area contributed by atoms with Crippen molar-refractivity contribution in [2.75, 3.05) is 49.6 Å². The molecule has 2 heterocycles. The van der Waals surface area contributed by atoms with Crippen LogP contribution >= 0.6 is 11.9 Å². The normalized spacial score (nSPS) is 13.9. The Balaban J connectivity index is 1.69. The Kier molecular flexibility index (Phi) is 7.91. The summed E-state index contributed by atoms with van der Waals surface area (Å²) < 4.78 is 10.7. The average Bonchev–Trinajstić information content (AvgIpc) is 3.24. The van der Waals surface area contributed by atoms with E-state index in [0.717, 1.165) is 23.0 Å². The molecule has 1 fully saturated rings. The maximum absolute atomic E-state index is 13.6. The first-order valence-electron chi connectivity index (χ1n) is 12.5. The van der Waals surface area contributed by atoms with E-state index in [4.69, 9.17) is 4.74 Å². The lowest BCUT2D eigenvalue weighted by molar-refractivity contribution is -0.119. The summed E-state index contributed by atoms with van der Waals surface area (Å²) in [6, 6.07) is 11.3. The molecule has 0 bridgehead atoms. The van der Waals surface area contributed by atoms with Gasteiger partial charge in [-0.3, -0.25) is 14.4 Å². The predicted octanol–water partition coefficient (Wildman–Crippen LogP) is 4.34. The van der Waals surface area contributed by atoms with Crippen molar-refractivity contribution >= 4 is 52.5 Å². The van der Waals surface area contributed by atoms with E-state index in [1.165, 1.54) is 11.9 Å². The van der Waals surface area contributed by atoms with Gasteiger partial charge in [0.15, 0.2) is 5.75 Å². The summed E-state index contributed by atoms with van der Waals surface area (Å²) in [4.78, 5) is 41.5. The van der Waals surface area contributed by atoms with Crippen molar-refractivity contribution in [3.05, 3.63) is 53.2 Å². The number of piperazine rings is 1. The molecule has 3 amide bonds. The molecule has 1 aliphatic rings. The van der Waals surface area contributed by atoms with Gasteiger partial charge in [-0.1, -0.05) is 44.9 Å². The van der Waals surface area contributed by atoms with Crippen LogP contribution < -0.4 is 14.8 Å². The molecule has 0 atom stereocenters. The fraction of sp³-hybridized carbons (Fsp3) is 0.393. The third-order valence-electron chi connectivity index (χ3n) is 6.89. The molecule has 38 heavy (non-hydrogen) atoms. The summed E-state index contributed by atoms with van der Waals surface area (Å²) in [7, 11) is 3.37. The Morgan fingerprint density at radius 3 is 2.34 bits per heavy atom. The lowest BCUT2D eigenvalue weighted by Gasteiger charge is -2.32. The van der Waals surface area contributed by atoms with Gasteiger partial charge in [-0.25, -0.2) is 0 Å². The number of hydrogen-bond acceptors (Lipinski definition) is 6. The molecule has 2 aromatic carbocycles. The number of nitrogens with zero attached hydrogens (tertiary/aromatic N) is 3. The molecule has 0 radical (unpaired) electrons. The second-order valence-electron chi connectivity index (χ2n) is 10.4. The highest BCUT2D eigenvalue weighted by atomic mass is 32.2. The number of amides is 3. The quantitative estimate of drug-likeness (QED) is 0.344. The number of anilines is 2. The minimum Gasteiger partial charge on any atom is -0.492 e. The van der Waals surface area contributed by atoms with Gasteiger partial charge in [-0.05, 0) is 35.2 Å². The lowest BCUT2D eigenvalue weighted by atomic mass is 9.86. The van der Waals surface area contributed by atoms with Crippen LogP contribution in [0.5, 0.6) is 5.75 Å². The van der Waals surface area contributed by atoms with Crippen LogP contribution in [0.25, 0.3) is 10.9 Å². The van der Waals surface area contributed by atoms with Gasteiger partial charge >= 0.3 is 0 Å². The number of aryl methyl sites for hydroxylation is 1. The van der Waals surface area contributed by atoms with E-state index in [2.05, 4.69) is 30.8 Å². The summed E-state index contributed by atoms with van der Waals surface area (Å²) in [6.07, 6.45) is 2.74. The van der Waals surface area contributed by atoms with Crippen LogP contribution in [0.4, 0.5) is 11.4 Å². The molecule has 4 rings (SSSR count). The van der Waals surface area contributed by atoms with E-state index >= 15 is 0 Å². The number of carbonyl (C=O) groups is 3. The highest BCUT2D eigenvalue weighted by molar-refractivity contribution is 7.99. The molecule has 1 aromatic heterocycles. The molecule has 0 spiro atoms. The molecule has 0 unspecified atom stereocenters. The van der Waals surface area contributed by atoms with Gasteiger partial charge in [-0.2, -0.15) is 0 Å². The van der Waals surface area contributed by atoms with E-state index in [9.17, 15) is 14.4 Å². The van der Waals surface area contributed by atoms with Gasteiger partial charge in [0.1, 0.15) is 5.69 Å². The third-order valence-corrected chi connectivity index (χ3v) is 7.31. The monoisotopic (exact) mass is 537 g/mol. The van der Waals surface area contributed by atoms with Crippen LogP contribution in [0.15, 0.2) is 36.4 Å². The van der Waals surface area contributed by atoms with Crippen LogP contribution in [0.2, 0.25) is 0 Å². The van der Waals surface area contributed by atoms with Gasteiger partial charge in [0.25, 0.3) is 11.8 Å². The van der Waals surface area contributed by atoms with E-state index in [1.54, 1.807) is 40.7 Å². The van der Waals surface area contributed by atoms with E-state index in [-0.39, 0.29) is 17.2 Å². The second kappa shape index (κ2) is 11.0. The Morgan fingerprint density at radius 2 is 1.74 bits per heavy atom. The van der Waals surface area contributed by atoms with Crippen LogP contribution in [0.1, 0.15) is 47.2 Å². The largest absolute Gasteiger partial charge is 0.492 e. The number of carbonyl (C=O) groups excluding carboxylic acids is 3. The Morgan fingerprint density at radius 1 is 1.05 bits per heavy atom. The molecule has 2 N–H and O–H groups in total. The third kappa shape index (κ3) is 5.31. The fourth-order valence-corrected chi connectivity index (χ4v) is 5.13. The van der Waals surface area contributed by atoms with Crippen molar-refractivity contribution in [1.82, 2.24) is 14.4 Å². The van der Waals surface area contributed by atoms with Crippen molar-refractivity contribution in [1.29, 1.82) is 0 Å². The van der Waals surface area contributed by atoms with E-state index in [0.29, 0.717) is 54.4 Å². The summed E-state index contributed by atoms with van der Waals surface area (Å²) in [5.41, 5.74) is 3.90. The van der Waals surface area contributed by atoms with Gasteiger partial charge in [0, 0.05) is 44.9 Å². The summed E-state index contributed by atoms with van der Waals surface area (Å²) in [5, 5.41) is 3.85. The SMILES string of the molecule is COc1c(NSC)cc(C(C)(C)C)cc1NC(=O)c1cc2cccc(C(=O)N3CCN(C=O)CC3)c2n1C. The summed E-state index contributed by atoms with van der Waals surface area (Å²) in [6.45, 7) is 8.31. The average molecular weight is 538 g/mol. The first-order valence-corrected chi connectivity index (χ1v) is 13.7. The highest BCUT2D eigenvalue weighted by Gasteiger charge is 2.26. The molecule has 0 saturated carbocycles. The Labute approximate surface area is 227 Å². The van der Waals surface area contributed by atoms with Crippen LogP contribution in [0, 0.1) is 0 Å². The number of nitrogens with one attached hydrogen (secondary N) is 2. The van der Waals surface area contributed by atoms with Crippen molar-refractivity contribution in [2.24, 2.45) is 7.05 Å². The van der Waals surface area contributed by atoms with E-state index in [1.807, 2.05) is 30.5 Å².